The lowest BCUT2D eigenvalue weighted by Crippen LogP contribution is -2.07. The zero-order valence-corrected chi connectivity index (χ0v) is 9.14. The summed E-state index contributed by atoms with van der Waals surface area (Å²) in [6.45, 7) is 0.0740. The van der Waals surface area contributed by atoms with E-state index in [1.807, 2.05) is 24.3 Å². The number of nitrogens with zero attached hydrogens (tertiary/aromatic N) is 1. The molecule has 5 heteroatoms. The number of alkyl halides is 1. The van der Waals surface area contributed by atoms with Crippen molar-refractivity contribution >= 4 is 22.6 Å². The zero-order valence-electron chi connectivity index (χ0n) is 8.32. The summed E-state index contributed by atoms with van der Waals surface area (Å²) in [6.07, 6.45) is 0. The highest BCUT2D eigenvalue weighted by atomic mass is 32.2. The molecule has 1 aromatic carbocycles. The summed E-state index contributed by atoms with van der Waals surface area (Å²) in [5.41, 5.74) is 12.8. The van der Waals surface area contributed by atoms with Crippen LogP contribution < -0.4 is 11.5 Å². The summed E-state index contributed by atoms with van der Waals surface area (Å²) in [5.74, 6) is 0.339. The minimum atomic E-state index is -0.399. The van der Waals surface area contributed by atoms with Crippen LogP contribution in [0.1, 0.15) is 5.56 Å². The highest BCUT2D eigenvalue weighted by Crippen LogP contribution is 2.15. The van der Waals surface area contributed by atoms with Crippen LogP contribution in [0.4, 0.5) is 10.1 Å². The summed E-state index contributed by atoms with van der Waals surface area (Å²) >= 11 is 1.21. The number of benzene rings is 1. The number of aliphatic imine (C=N–C) groups is 1. The van der Waals surface area contributed by atoms with E-state index in [0.29, 0.717) is 17.5 Å². The van der Waals surface area contributed by atoms with Crippen molar-refractivity contribution in [2.24, 2.45) is 16.5 Å². The third-order valence-electron chi connectivity index (χ3n) is 1.71. The SMILES string of the molecule is NCc1cccc(N=C(N)SCCF)c1. The second-order valence-electron chi connectivity index (χ2n) is 2.86. The number of nitrogens with two attached hydrogens (primary N) is 2. The Morgan fingerprint density at radius 2 is 2.27 bits per heavy atom. The standard InChI is InChI=1S/C10H14FN3S/c11-4-5-15-10(13)14-9-3-1-2-8(6-9)7-12/h1-3,6H,4-5,7,12H2,(H2,13,14). The molecule has 3 nitrogen and oxygen atoms in total. The van der Waals surface area contributed by atoms with Crippen molar-refractivity contribution in [2.45, 2.75) is 6.54 Å². The lowest BCUT2D eigenvalue weighted by atomic mass is 10.2. The van der Waals surface area contributed by atoms with Gasteiger partial charge in [0.2, 0.25) is 0 Å². The summed E-state index contributed by atoms with van der Waals surface area (Å²) in [4.78, 5) is 4.14. The van der Waals surface area contributed by atoms with Gasteiger partial charge in [0.15, 0.2) is 5.17 Å². The lowest BCUT2D eigenvalue weighted by molar-refractivity contribution is 0.533. The van der Waals surface area contributed by atoms with Gasteiger partial charge in [-0.3, -0.25) is 4.39 Å². The van der Waals surface area contributed by atoms with Crippen LogP contribution in [0, 0.1) is 0 Å². The molecule has 1 rings (SSSR count). The number of rotatable bonds is 4. The second kappa shape index (κ2) is 6.42. The third-order valence-corrected chi connectivity index (χ3v) is 2.46. The fourth-order valence-corrected chi connectivity index (χ4v) is 1.51. The van der Waals surface area contributed by atoms with E-state index in [1.165, 1.54) is 11.8 Å². The molecular weight excluding hydrogens is 213 g/mol. The predicted octanol–water partition coefficient (Wildman–Crippen LogP) is 1.79. The fraction of sp³-hybridized carbons (Fsp3) is 0.300. The van der Waals surface area contributed by atoms with Gasteiger partial charge in [-0.05, 0) is 17.7 Å². The predicted molar refractivity (Wildman–Crippen MR) is 64.0 cm³/mol. The zero-order chi connectivity index (χ0) is 11.1. The Morgan fingerprint density at radius 3 is 2.93 bits per heavy atom. The molecule has 0 spiro atoms. The molecule has 0 amide bonds. The van der Waals surface area contributed by atoms with E-state index in [0.717, 1.165) is 11.3 Å². The molecule has 0 fully saturated rings. The number of amidine groups is 1. The van der Waals surface area contributed by atoms with Crippen molar-refractivity contribution in [3.05, 3.63) is 29.8 Å². The monoisotopic (exact) mass is 227 g/mol. The largest absolute Gasteiger partial charge is 0.378 e. The molecule has 0 aromatic heterocycles. The highest BCUT2D eigenvalue weighted by molar-refractivity contribution is 8.13. The minimum Gasteiger partial charge on any atom is -0.378 e. The van der Waals surface area contributed by atoms with Crippen LogP contribution in [-0.4, -0.2) is 17.6 Å². The first-order valence-corrected chi connectivity index (χ1v) is 5.56. The van der Waals surface area contributed by atoms with Crippen LogP contribution in [0.25, 0.3) is 0 Å². The molecule has 0 aliphatic rings. The first-order valence-electron chi connectivity index (χ1n) is 4.58. The quantitative estimate of drug-likeness (QED) is 0.609. The molecule has 0 atom stereocenters. The Labute approximate surface area is 92.8 Å². The summed E-state index contributed by atoms with van der Waals surface area (Å²) in [7, 11) is 0. The van der Waals surface area contributed by atoms with Crippen molar-refractivity contribution in [1.29, 1.82) is 0 Å². The first-order chi connectivity index (χ1) is 7.26. The highest BCUT2D eigenvalue weighted by Gasteiger charge is 1.96. The van der Waals surface area contributed by atoms with Gasteiger partial charge in [-0.1, -0.05) is 23.9 Å². The smallest absolute Gasteiger partial charge is 0.159 e. The molecular formula is C10H14FN3S. The number of halogens is 1. The van der Waals surface area contributed by atoms with Crippen LogP contribution in [0.3, 0.4) is 0 Å². The Hall–Kier alpha value is -1.07. The van der Waals surface area contributed by atoms with Crippen LogP contribution >= 0.6 is 11.8 Å². The van der Waals surface area contributed by atoms with Gasteiger partial charge in [-0.25, -0.2) is 4.99 Å². The Kier molecular flexibility index (Phi) is 5.14. The average molecular weight is 227 g/mol. The normalized spacial score (nSPS) is 11.7. The van der Waals surface area contributed by atoms with Crippen molar-refractivity contribution < 1.29 is 4.39 Å². The minimum absolute atomic E-state index is 0.339. The number of thioether (sulfide) groups is 1. The van der Waals surface area contributed by atoms with Gasteiger partial charge in [0.1, 0.15) is 0 Å². The topological polar surface area (TPSA) is 64.4 Å². The van der Waals surface area contributed by atoms with E-state index in [-0.39, 0.29) is 0 Å². The molecule has 0 heterocycles. The molecule has 0 unspecified atom stereocenters. The maximum atomic E-state index is 11.9. The molecule has 0 saturated heterocycles. The number of hydrogen-bond donors (Lipinski definition) is 2. The van der Waals surface area contributed by atoms with Crippen LogP contribution in [0.15, 0.2) is 29.3 Å². The van der Waals surface area contributed by atoms with Gasteiger partial charge < -0.3 is 11.5 Å². The van der Waals surface area contributed by atoms with Gasteiger partial charge in [-0.15, -0.1) is 0 Å². The molecule has 82 valence electrons. The van der Waals surface area contributed by atoms with E-state index < -0.39 is 6.67 Å². The molecule has 0 radical (unpaired) electrons. The van der Waals surface area contributed by atoms with E-state index in [1.54, 1.807) is 0 Å². The Balaban J connectivity index is 2.69. The van der Waals surface area contributed by atoms with Crippen molar-refractivity contribution in [2.75, 3.05) is 12.4 Å². The van der Waals surface area contributed by atoms with E-state index in [9.17, 15) is 4.39 Å². The Morgan fingerprint density at radius 1 is 1.47 bits per heavy atom. The Bertz CT molecular complexity index is 341. The molecule has 4 N–H and O–H groups in total. The summed E-state index contributed by atoms with van der Waals surface area (Å²) < 4.78 is 11.9. The van der Waals surface area contributed by atoms with Crippen molar-refractivity contribution in [3.63, 3.8) is 0 Å². The maximum absolute atomic E-state index is 11.9. The third kappa shape index (κ3) is 4.31. The molecule has 15 heavy (non-hydrogen) atoms. The average Bonchev–Trinajstić information content (AvgIpc) is 2.26. The van der Waals surface area contributed by atoms with Gasteiger partial charge in [0.25, 0.3) is 0 Å². The first kappa shape index (κ1) is 12.0. The number of hydrogen-bond acceptors (Lipinski definition) is 3. The molecule has 0 aliphatic carbocycles. The van der Waals surface area contributed by atoms with Gasteiger partial charge in [0.05, 0.1) is 12.4 Å². The fourth-order valence-electron chi connectivity index (χ4n) is 1.06. The van der Waals surface area contributed by atoms with Crippen molar-refractivity contribution in [3.8, 4) is 0 Å². The maximum Gasteiger partial charge on any atom is 0.159 e. The molecule has 0 bridgehead atoms. The molecule has 0 saturated carbocycles. The van der Waals surface area contributed by atoms with Gasteiger partial charge >= 0.3 is 0 Å². The van der Waals surface area contributed by atoms with Crippen molar-refractivity contribution in [1.82, 2.24) is 0 Å². The van der Waals surface area contributed by atoms with Crippen LogP contribution in [-0.2, 0) is 6.54 Å². The lowest BCUT2D eigenvalue weighted by Gasteiger charge is -2.00. The second-order valence-corrected chi connectivity index (χ2v) is 3.98. The van der Waals surface area contributed by atoms with Gasteiger partial charge in [-0.2, -0.15) is 0 Å². The van der Waals surface area contributed by atoms with Crippen LogP contribution in [0.5, 0.6) is 0 Å². The summed E-state index contributed by atoms with van der Waals surface area (Å²) in [6, 6.07) is 7.49. The summed E-state index contributed by atoms with van der Waals surface area (Å²) in [5, 5.41) is 0.377. The van der Waals surface area contributed by atoms with E-state index in [4.69, 9.17) is 11.5 Å². The van der Waals surface area contributed by atoms with E-state index >= 15 is 0 Å². The molecule has 1 aromatic rings. The molecule has 0 aliphatic heterocycles. The van der Waals surface area contributed by atoms with Gasteiger partial charge in [0, 0.05) is 12.3 Å². The van der Waals surface area contributed by atoms with Crippen LogP contribution in [0.2, 0.25) is 0 Å². The van der Waals surface area contributed by atoms with E-state index in [2.05, 4.69) is 4.99 Å².